The minimum atomic E-state index is -1.05. The number of benzene rings is 1. The molecule has 0 aliphatic carbocycles. The third-order valence-corrected chi connectivity index (χ3v) is 3.26. The molecule has 0 aliphatic heterocycles. The van der Waals surface area contributed by atoms with Gasteiger partial charge in [-0.05, 0) is 18.2 Å². The van der Waals surface area contributed by atoms with E-state index in [9.17, 15) is 14.4 Å². The van der Waals surface area contributed by atoms with Gasteiger partial charge in [-0.25, -0.2) is 0 Å². The molecule has 10 heteroatoms. The number of anilines is 1. The number of carbonyl (C=O) groups excluding carboxylic acids is 2. The molecule has 10 nitrogen and oxygen atoms in total. The van der Waals surface area contributed by atoms with Gasteiger partial charge in [0.15, 0.2) is 17.3 Å². The summed E-state index contributed by atoms with van der Waals surface area (Å²) in [4.78, 5) is 34.6. The molecule has 2 aromatic rings. The lowest BCUT2D eigenvalue weighted by molar-refractivity contribution is -0.137. The minimum Gasteiger partial charge on any atom is -0.493 e. The smallest absolute Gasteiger partial charge is 0.325 e. The normalized spacial score (nSPS) is 10.1. The van der Waals surface area contributed by atoms with Gasteiger partial charge in [-0.1, -0.05) is 0 Å². The Labute approximate surface area is 148 Å². The molecule has 1 aromatic heterocycles. The van der Waals surface area contributed by atoms with Crippen molar-refractivity contribution in [2.75, 3.05) is 26.1 Å². The first kappa shape index (κ1) is 18.8. The molecule has 2 amide bonds. The van der Waals surface area contributed by atoms with Crippen LogP contribution in [0.4, 0.5) is 5.82 Å². The first-order chi connectivity index (χ1) is 12.4. The molecule has 0 radical (unpaired) electrons. The highest BCUT2D eigenvalue weighted by Crippen LogP contribution is 2.27. The molecule has 1 heterocycles. The number of nitrogens with zero attached hydrogens (tertiary/aromatic N) is 2. The largest absolute Gasteiger partial charge is 0.493 e. The standard InChI is InChI=1S/C16H18N4O6/c1-25-11-4-3-10(7-12(11)26-2)16(24)17-8-14(21)18-13-5-6-20(19-13)9-15(22)23/h3-7H,8-9H2,1-2H3,(H,17,24)(H,22,23)(H,18,19,21). The number of methoxy groups -OCH3 is 2. The summed E-state index contributed by atoms with van der Waals surface area (Å²) in [6, 6.07) is 6.09. The summed E-state index contributed by atoms with van der Waals surface area (Å²) >= 11 is 0. The monoisotopic (exact) mass is 362 g/mol. The number of ether oxygens (including phenoxy) is 2. The number of amides is 2. The zero-order valence-corrected chi connectivity index (χ0v) is 14.2. The molecule has 3 N–H and O–H groups in total. The van der Waals surface area contributed by atoms with E-state index in [4.69, 9.17) is 14.6 Å². The van der Waals surface area contributed by atoms with Crippen molar-refractivity contribution >= 4 is 23.6 Å². The van der Waals surface area contributed by atoms with Crippen LogP contribution in [0.25, 0.3) is 0 Å². The van der Waals surface area contributed by atoms with E-state index in [1.807, 2.05) is 0 Å². The number of hydrogen-bond acceptors (Lipinski definition) is 6. The number of carboxylic acids is 1. The first-order valence-electron chi connectivity index (χ1n) is 7.48. The Hall–Kier alpha value is -3.56. The summed E-state index contributed by atoms with van der Waals surface area (Å²) in [6.07, 6.45) is 1.42. The number of nitrogens with one attached hydrogen (secondary N) is 2. The lowest BCUT2D eigenvalue weighted by Crippen LogP contribution is -2.33. The molecular weight excluding hydrogens is 344 g/mol. The molecule has 2 rings (SSSR count). The molecular formula is C16H18N4O6. The second kappa shape index (κ2) is 8.51. The second-order valence-electron chi connectivity index (χ2n) is 5.09. The average Bonchev–Trinajstić information content (AvgIpc) is 3.04. The first-order valence-corrected chi connectivity index (χ1v) is 7.48. The highest BCUT2D eigenvalue weighted by atomic mass is 16.5. The van der Waals surface area contributed by atoms with Crippen molar-refractivity contribution in [3.05, 3.63) is 36.0 Å². The number of carboxylic acid groups (broad SMARTS) is 1. The summed E-state index contributed by atoms with van der Waals surface area (Å²) in [5, 5.41) is 17.5. The molecule has 138 valence electrons. The molecule has 0 atom stereocenters. The topological polar surface area (TPSA) is 132 Å². The van der Waals surface area contributed by atoms with Crippen molar-refractivity contribution < 1.29 is 29.0 Å². The van der Waals surface area contributed by atoms with Crippen molar-refractivity contribution in [3.63, 3.8) is 0 Å². The molecule has 0 saturated heterocycles. The van der Waals surface area contributed by atoms with Crippen LogP contribution >= 0.6 is 0 Å². The summed E-state index contributed by atoms with van der Waals surface area (Å²) < 4.78 is 11.4. The SMILES string of the molecule is COc1ccc(C(=O)NCC(=O)Nc2ccn(CC(=O)O)n2)cc1OC. The van der Waals surface area contributed by atoms with Gasteiger partial charge in [0.05, 0.1) is 20.8 Å². The molecule has 0 spiro atoms. The molecule has 0 unspecified atom stereocenters. The lowest BCUT2D eigenvalue weighted by Gasteiger charge is -2.10. The van der Waals surface area contributed by atoms with E-state index in [1.165, 1.54) is 37.2 Å². The summed E-state index contributed by atoms with van der Waals surface area (Å²) in [6.45, 7) is -0.592. The Morgan fingerprint density at radius 1 is 1.15 bits per heavy atom. The Morgan fingerprint density at radius 3 is 2.54 bits per heavy atom. The van der Waals surface area contributed by atoms with Gasteiger partial charge in [-0.2, -0.15) is 5.10 Å². The number of aliphatic carboxylic acids is 1. The van der Waals surface area contributed by atoms with Crippen molar-refractivity contribution in [3.8, 4) is 11.5 Å². The Kier molecular flexibility index (Phi) is 6.15. The molecule has 0 saturated carbocycles. The highest BCUT2D eigenvalue weighted by molar-refractivity contribution is 5.99. The predicted octanol–water partition coefficient (Wildman–Crippen LogP) is 0.353. The van der Waals surface area contributed by atoms with E-state index in [0.717, 1.165) is 0 Å². The van der Waals surface area contributed by atoms with E-state index in [1.54, 1.807) is 12.1 Å². The van der Waals surface area contributed by atoms with Crippen LogP contribution in [0.1, 0.15) is 10.4 Å². The maximum atomic E-state index is 12.1. The van der Waals surface area contributed by atoms with Crippen LogP contribution in [-0.2, 0) is 16.1 Å². The molecule has 0 aliphatic rings. The second-order valence-corrected chi connectivity index (χ2v) is 5.09. The van der Waals surface area contributed by atoms with Crippen LogP contribution < -0.4 is 20.1 Å². The molecule has 0 fully saturated rings. The van der Waals surface area contributed by atoms with Gasteiger partial charge in [0.2, 0.25) is 5.91 Å². The van der Waals surface area contributed by atoms with Crippen LogP contribution in [0.15, 0.2) is 30.5 Å². The van der Waals surface area contributed by atoms with E-state index in [-0.39, 0.29) is 18.9 Å². The van der Waals surface area contributed by atoms with E-state index >= 15 is 0 Å². The van der Waals surface area contributed by atoms with Crippen molar-refractivity contribution in [1.29, 1.82) is 0 Å². The van der Waals surface area contributed by atoms with Gasteiger partial charge in [-0.15, -0.1) is 0 Å². The maximum Gasteiger partial charge on any atom is 0.325 e. The van der Waals surface area contributed by atoms with Crippen molar-refractivity contribution in [2.24, 2.45) is 0 Å². The van der Waals surface area contributed by atoms with Gasteiger partial charge < -0.3 is 25.2 Å². The van der Waals surface area contributed by atoms with Gasteiger partial charge in [-0.3, -0.25) is 19.1 Å². The van der Waals surface area contributed by atoms with Crippen molar-refractivity contribution in [1.82, 2.24) is 15.1 Å². The Bertz CT molecular complexity index is 817. The number of carbonyl (C=O) groups is 3. The van der Waals surface area contributed by atoms with Crippen molar-refractivity contribution in [2.45, 2.75) is 6.54 Å². The quantitative estimate of drug-likeness (QED) is 0.617. The minimum absolute atomic E-state index is 0.191. The summed E-state index contributed by atoms with van der Waals surface area (Å²) in [5.41, 5.74) is 0.307. The van der Waals surface area contributed by atoms with Gasteiger partial charge >= 0.3 is 5.97 Å². The zero-order chi connectivity index (χ0) is 19.1. The van der Waals surface area contributed by atoms with Gasteiger partial charge in [0.25, 0.3) is 5.91 Å². The van der Waals surface area contributed by atoms with E-state index < -0.39 is 17.8 Å². The zero-order valence-electron chi connectivity index (χ0n) is 14.2. The fourth-order valence-electron chi connectivity index (χ4n) is 2.08. The van der Waals surface area contributed by atoms with Gasteiger partial charge in [0, 0.05) is 17.8 Å². The maximum absolute atomic E-state index is 12.1. The summed E-state index contributed by atoms with van der Waals surface area (Å²) in [7, 11) is 2.94. The van der Waals surface area contributed by atoms with Crippen LogP contribution in [0.2, 0.25) is 0 Å². The lowest BCUT2D eigenvalue weighted by atomic mass is 10.2. The van der Waals surface area contributed by atoms with E-state index in [0.29, 0.717) is 17.1 Å². The number of aromatic nitrogens is 2. The molecule has 0 bridgehead atoms. The van der Waals surface area contributed by atoms with Crippen LogP contribution in [0.3, 0.4) is 0 Å². The average molecular weight is 362 g/mol. The molecule has 1 aromatic carbocycles. The van der Waals surface area contributed by atoms with Crippen LogP contribution in [0, 0.1) is 0 Å². The highest BCUT2D eigenvalue weighted by Gasteiger charge is 2.12. The number of rotatable bonds is 8. The predicted molar refractivity (Wildman–Crippen MR) is 90.4 cm³/mol. The van der Waals surface area contributed by atoms with Crippen LogP contribution in [0.5, 0.6) is 11.5 Å². The fourth-order valence-corrected chi connectivity index (χ4v) is 2.08. The third kappa shape index (κ3) is 4.97. The van der Waals surface area contributed by atoms with Gasteiger partial charge in [0.1, 0.15) is 6.54 Å². The van der Waals surface area contributed by atoms with Crippen LogP contribution in [-0.4, -0.2) is 53.4 Å². The Morgan fingerprint density at radius 2 is 1.88 bits per heavy atom. The summed E-state index contributed by atoms with van der Waals surface area (Å²) in [5.74, 6) is -0.936. The Balaban J connectivity index is 1.89. The third-order valence-electron chi connectivity index (χ3n) is 3.26. The molecule has 26 heavy (non-hydrogen) atoms. The fraction of sp³-hybridized carbons (Fsp3) is 0.250. The number of hydrogen-bond donors (Lipinski definition) is 3. The van der Waals surface area contributed by atoms with E-state index in [2.05, 4.69) is 15.7 Å².